The average Bonchev–Trinajstić information content (AvgIpc) is 2.07. The maximum absolute atomic E-state index is 10.8. The molecule has 0 aromatic rings. The zero-order valence-corrected chi connectivity index (χ0v) is 8.08. The third-order valence-corrected chi connectivity index (χ3v) is 2.42. The quantitative estimate of drug-likeness (QED) is 0.377. The summed E-state index contributed by atoms with van der Waals surface area (Å²) in [6, 6.07) is 0. The minimum Gasteiger partial charge on any atom is -0.375 e. The van der Waals surface area contributed by atoms with Gasteiger partial charge in [0, 0.05) is 6.42 Å². The molecule has 13 heavy (non-hydrogen) atoms. The van der Waals surface area contributed by atoms with Crippen molar-refractivity contribution in [1.29, 1.82) is 0 Å². The SMILES string of the molecule is CC(CCC(=O)NN)OC1CCC1. The molecule has 1 aliphatic carbocycles. The van der Waals surface area contributed by atoms with Crippen molar-refractivity contribution in [3.8, 4) is 0 Å². The van der Waals surface area contributed by atoms with Crippen LogP contribution in [0.3, 0.4) is 0 Å². The van der Waals surface area contributed by atoms with E-state index in [4.69, 9.17) is 10.6 Å². The van der Waals surface area contributed by atoms with Gasteiger partial charge in [-0.15, -0.1) is 0 Å². The van der Waals surface area contributed by atoms with Crippen LogP contribution in [0.5, 0.6) is 0 Å². The third-order valence-electron chi connectivity index (χ3n) is 2.42. The number of nitrogens with two attached hydrogens (primary N) is 1. The van der Waals surface area contributed by atoms with Crippen molar-refractivity contribution in [2.75, 3.05) is 0 Å². The van der Waals surface area contributed by atoms with Gasteiger partial charge in [-0.05, 0) is 32.6 Å². The van der Waals surface area contributed by atoms with E-state index in [1.807, 2.05) is 6.92 Å². The summed E-state index contributed by atoms with van der Waals surface area (Å²) in [5.74, 6) is 4.84. The van der Waals surface area contributed by atoms with Crippen LogP contribution in [0.4, 0.5) is 0 Å². The molecular weight excluding hydrogens is 168 g/mol. The van der Waals surface area contributed by atoms with Crippen LogP contribution in [0.25, 0.3) is 0 Å². The lowest BCUT2D eigenvalue weighted by Gasteiger charge is -2.28. The zero-order valence-electron chi connectivity index (χ0n) is 8.08. The van der Waals surface area contributed by atoms with Gasteiger partial charge >= 0.3 is 0 Å². The molecule has 1 unspecified atom stereocenters. The summed E-state index contributed by atoms with van der Waals surface area (Å²) < 4.78 is 5.66. The molecule has 1 fully saturated rings. The van der Waals surface area contributed by atoms with Crippen LogP contribution in [-0.4, -0.2) is 18.1 Å². The zero-order chi connectivity index (χ0) is 9.68. The first-order valence-electron chi connectivity index (χ1n) is 4.87. The Labute approximate surface area is 78.8 Å². The van der Waals surface area contributed by atoms with Gasteiger partial charge in [-0.25, -0.2) is 5.84 Å². The molecule has 1 amide bonds. The molecular formula is C9H18N2O2. The minimum atomic E-state index is -0.121. The lowest BCUT2D eigenvalue weighted by Crippen LogP contribution is -2.31. The first-order chi connectivity index (χ1) is 6.22. The van der Waals surface area contributed by atoms with Gasteiger partial charge in [0.25, 0.3) is 0 Å². The predicted octanol–water partition coefficient (Wildman–Crippen LogP) is 0.714. The van der Waals surface area contributed by atoms with E-state index >= 15 is 0 Å². The lowest BCUT2D eigenvalue weighted by molar-refractivity contribution is -0.122. The standard InChI is InChI=1S/C9H18N2O2/c1-7(5-6-9(12)11-10)13-8-3-2-4-8/h7-8H,2-6,10H2,1H3,(H,11,12). The fourth-order valence-corrected chi connectivity index (χ4v) is 1.31. The first kappa shape index (κ1) is 10.5. The number of carbonyl (C=O) groups excluding carboxylic acids is 1. The highest BCUT2D eigenvalue weighted by atomic mass is 16.5. The molecule has 1 rings (SSSR count). The van der Waals surface area contributed by atoms with Crippen LogP contribution < -0.4 is 11.3 Å². The molecule has 4 nitrogen and oxygen atoms in total. The Kier molecular flexibility index (Phi) is 4.18. The number of carbonyl (C=O) groups is 1. The second-order valence-corrected chi connectivity index (χ2v) is 3.61. The largest absolute Gasteiger partial charge is 0.375 e. The number of hydrazine groups is 1. The van der Waals surface area contributed by atoms with E-state index in [1.165, 1.54) is 19.3 Å². The van der Waals surface area contributed by atoms with E-state index in [-0.39, 0.29) is 12.0 Å². The molecule has 0 aromatic carbocycles. The van der Waals surface area contributed by atoms with E-state index in [9.17, 15) is 4.79 Å². The number of nitrogens with one attached hydrogen (secondary N) is 1. The Hall–Kier alpha value is -0.610. The maximum atomic E-state index is 10.8. The van der Waals surface area contributed by atoms with Crippen molar-refractivity contribution >= 4 is 5.91 Å². The van der Waals surface area contributed by atoms with Crippen LogP contribution in [0.15, 0.2) is 0 Å². The molecule has 0 bridgehead atoms. The molecule has 3 N–H and O–H groups in total. The van der Waals surface area contributed by atoms with E-state index in [1.54, 1.807) is 0 Å². The fourth-order valence-electron chi connectivity index (χ4n) is 1.31. The van der Waals surface area contributed by atoms with E-state index in [0.29, 0.717) is 12.5 Å². The summed E-state index contributed by atoms with van der Waals surface area (Å²) in [6.07, 6.45) is 5.43. The first-order valence-corrected chi connectivity index (χ1v) is 4.87. The van der Waals surface area contributed by atoms with E-state index in [2.05, 4.69) is 5.43 Å². The van der Waals surface area contributed by atoms with Gasteiger partial charge in [0.15, 0.2) is 0 Å². The van der Waals surface area contributed by atoms with E-state index < -0.39 is 0 Å². The van der Waals surface area contributed by atoms with Crippen molar-refractivity contribution in [3.63, 3.8) is 0 Å². The number of amides is 1. The van der Waals surface area contributed by atoms with Crippen molar-refractivity contribution < 1.29 is 9.53 Å². The fraction of sp³-hybridized carbons (Fsp3) is 0.889. The molecule has 4 heteroatoms. The Morgan fingerprint density at radius 2 is 2.38 bits per heavy atom. The predicted molar refractivity (Wildman–Crippen MR) is 49.8 cm³/mol. The van der Waals surface area contributed by atoms with Gasteiger partial charge in [0.05, 0.1) is 12.2 Å². The summed E-state index contributed by atoms with van der Waals surface area (Å²) in [6.45, 7) is 2.00. The van der Waals surface area contributed by atoms with Crippen LogP contribution in [0, 0.1) is 0 Å². The maximum Gasteiger partial charge on any atom is 0.233 e. The second kappa shape index (κ2) is 5.19. The van der Waals surface area contributed by atoms with Gasteiger partial charge < -0.3 is 4.74 Å². The smallest absolute Gasteiger partial charge is 0.233 e. The molecule has 0 aromatic heterocycles. The summed E-state index contributed by atoms with van der Waals surface area (Å²) in [5.41, 5.74) is 2.11. The van der Waals surface area contributed by atoms with Crippen molar-refractivity contribution in [3.05, 3.63) is 0 Å². The van der Waals surface area contributed by atoms with Crippen LogP contribution in [0.2, 0.25) is 0 Å². The minimum absolute atomic E-state index is 0.121. The molecule has 0 aliphatic heterocycles. The molecule has 0 saturated heterocycles. The molecule has 1 saturated carbocycles. The second-order valence-electron chi connectivity index (χ2n) is 3.61. The number of rotatable bonds is 5. The Bertz CT molecular complexity index is 169. The van der Waals surface area contributed by atoms with Crippen molar-refractivity contribution in [2.24, 2.45) is 5.84 Å². The molecule has 1 atom stereocenters. The van der Waals surface area contributed by atoms with Crippen molar-refractivity contribution in [1.82, 2.24) is 5.43 Å². The van der Waals surface area contributed by atoms with Crippen LogP contribution >= 0.6 is 0 Å². The van der Waals surface area contributed by atoms with Gasteiger partial charge in [-0.3, -0.25) is 10.2 Å². The summed E-state index contributed by atoms with van der Waals surface area (Å²) in [7, 11) is 0. The summed E-state index contributed by atoms with van der Waals surface area (Å²) >= 11 is 0. The van der Waals surface area contributed by atoms with Crippen LogP contribution in [0.1, 0.15) is 39.0 Å². The Morgan fingerprint density at radius 1 is 1.69 bits per heavy atom. The highest BCUT2D eigenvalue weighted by Gasteiger charge is 2.20. The van der Waals surface area contributed by atoms with Gasteiger partial charge in [-0.1, -0.05) is 0 Å². The molecule has 0 radical (unpaired) electrons. The number of hydrogen-bond donors (Lipinski definition) is 2. The Balaban J connectivity index is 2.02. The third kappa shape index (κ3) is 3.74. The molecule has 0 spiro atoms. The van der Waals surface area contributed by atoms with Gasteiger partial charge in [-0.2, -0.15) is 0 Å². The van der Waals surface area contributed by atoms with Crippen molar-refractivity contribution in [2.45, 2.75) is 51.2 Å². The monoisotopic (exact) mass is 186 g/mol. The number of ether oxygens (including phenoxy) is 1. The normalized spacial score (nSPS) is 19.2. The highest BCUT2D eigenvalue weighted by molar-refractivity contribution is 5.75. The Morgan fingerprint density at radius 3 is 2.85 bits per heavy atom. The average molecular weight is 186 g/mol. The molecule has 76 valence electrons. The topological polar surface area (TPSA) is 64.4 Å². The van der Waals surface area contributed by atoms with Gasteiger partial charge in [0.2, 0.25) is 5.91 Å². The van der Waals surface area contributed by atoms with E-state index in [0.717, 1.165) is 6.42 Å². The molecule has 0 heterocycles. The lowest BCUT2D eigenvalue weighted by atomic mass is 9.96. The highest BCUT2D eigenvalue weighted by Crippen LogP contribution is 2.24. The summed E-state index contributed by atoms with van der Waals surface area (Å²) in [5, 5.41) is 0. The van der Waals surface area contributed by atoms with Gasteiger partial charge in [0.1, 0.15) is 0 Å². The van der Waals surface area contributed by atoms with Crippen LogP contribution in [-0.2, 0) is 9.53 Å². The summed E-state index contributed by atoms with van der Waals surface area (Å²) in [4.78, 5) is 10.8. The number of hydrogen-bond acceptors (Lipinski definition) is 3. The molecule has 1 aliphatic rings.